The van der Waals surface area contributed by atoms with Crippen LogP contribution in [0.2, 0.25) is 0 Å². The molecule has 0 radical (unpaired) electrons. The maximum Gasteiger partial charge on any atom is 0.287 e. The molecule has 0 bridgehead atoms. The molecular weight excluding hydrogens is 479 g/mol. The first-order valence-electron chi connectivity index (χ1n) is 11.3. The number of piperidine rings is 1. The topological polar surface area (TPSA) is 175 Å². The van der Waals surface area contributed by atoms with E-state index in [1.807, 2.05) is 6.07 Å². The van der Waals surface area contributed by atoms with E-state index in [4.69, 9.17) is 16.3 Å². The van der Waals surface area contributed by atoms with E-state index in [1.54, 1.807) is 35.2 Å². The molecule has 1 fully saturated rings. The van der Waals surface area contributed by atoms with Gasteiger partial charge in [0.05, 0.1) is 34.3 Å². The van der Waals surface area contributed by atoms with Gasteiger partial charge in [-0.1, -0.05) is 6.07 Å². The molecule has 37 heavy (non-hydrogen) atoms. The van der Waals surface area contributed by atoms with E-state index >= 15 is 4.39 Å². The number of aromatic nitrogens is 2. The summed E-state index contributed by atoms with van der Waals surface area (Å²) in [6.45, 7) is 0.561. The van der Waals surface area contributed by atoms with E-state index in [-0.39, 0.29) is 29.8 Å². The molecule has 3 aromatic rings. The summed E-state index contributed by atoms with van der Waals surface area (Å²) in [5, 5.41) is 32.4. The predicted octanol–water partition coefficient (Wildman–Crippen LogP) is 2.85. The van der Waals surface area contributed by atoms with Crippen LogP contribution < -0.4 is 16.0 Å². The lowest BCUT2D eigenvalue weighted by atomic mass is 10.0. The molecule has 3 heterocycles. The summed E-state index contributed by atoms with van der Waals surface area (Å²) in [6.07, 6.45) is 2.02. The van der Waals surface area contributed by atoms with Gasteiger partial charge in [0.2, 0.25) is 0 Å². The third-order valence-corrected chi connectivity index (χ3v) is 6.07. The van der Waals surface area contributed by atoms with Crippen molar-refractivity contribution < 1.29 is 14.1 Å². The van der Waals surface area contributed by atoms with Crippen LogP contribution in [0.1, 0.15) is 39.2 Å². The summed E-state index contributed by atoms with van der Waals surface area (Å²) in [7, 11) is 0. The first-order chi connectivity index (χ1) is 17.8. The molecule has 1 amide bonds. The Hall–Kier alpha value is -5.10. The largest absolute Gasteiger partial charge is 0.378 e. The summed E-state index contributed by atoms with van der Waals surface area (Å²) in [5.41, 5.74) is 6.99. The lowest BCUT2D eigenvalue weighted by Crippen LogP contribution is -2.48. The molecule has 1 aromatic carbocycles. The van der Waals surface area contributed by atoms with Crippen molar-refractivity contribution >= 4 is 23.1 Å². The van der Waals surface area contributed by atoms with E-state index in [2.05, 4.69) is 15.3 Å². The maximum absolute atomic E-state index is 15.2. The van der Waals surface area contributed by atoms with Crippen LogP contribution >= 0.6 is 0 Å². The number of hydrogen-bond donors (Lipinski definition) is 2. The molecule has 0 aliphatic carbocycles. The van der Waals surface area contributed by atoms with Crippen molar-refractivity contribution in [1.82, 2.24) is 9.97 Å². The van der Waals surface area contributed by atoms with Crippen LogP contribution in [0.4, 0.5) is 21.6 Å². The van der Waals surface area contributed by atoms with E-state index in [0.717, 1.165) is 0 Å². The molecule has 0 saturated carbocycles. The van der Waals surface area contributed by atoms with E-state index in [9.17, 15) is 14.9 Å². The Kier molecular flexibility index (Phi) is 7.21. The third-order valence-electron chi connectivity index (χ3n) is 6.07. The first-order valence-corrected chi connectivity index (χ1v) is 11.3. The van der Waals surface area contributed by atoms with Crippen molar-refractivity contribution in [2.24, 2.45) is 5.73 Å². The lowest BCUT2D eigenvalue weighted by molar-refractivity contribution is -0.385. The van der Waals surface area contributed by atoms with Crippen LogP contribution in [0.5, 0.6) is 0 Å². The zero-order valence-electron chi connectivity index (χ0n) is 19.5. The van der Waals surface area contributed by atoms with Gasteiger partial charge in [-0.25, -0.2) is 9.37 Å². The number of nitrogens with zero attached hydrogens (tertiary/aromatic N) is 6. The maximum atomic E-state index is 15.2. The van der Waals surface area contributed by atoms with Gasteiger partial charge >= 0.3 is 0 Å². The average molecular weight is 500 g/mol. The minimum atomic E-state index is -1.30. The van der Waals surface area contributed by atoms with Gasteiger partial charge in [0.25, 0.3) is 11.6 Å². The summed E-state index contributed by atoms with van der Waals surface area (Å²) >= 11 is 0. The standard InChI is InChI=1S/C25H21FN8O3/c26-20-14-33(24-4-2-16(10-27)12-31-24)6-5-21(20)32-22-9-18(30-13-19(22)25(29)35)7-15-1-3-17(11-28)23(8-15)34(36)37/h1-4,8-9,12-13,20-21H,5-7,14H2,(H2,29,35)(H,30,32)/t20-,21+/m0/s1. The van der Waals surface area contributed by atoms with Gasteiger partial charge in [0.1, 0.15) is 29.7 Å². The number of anilines is 2. The van der Waals surface area contributed by atoms with Crippen LogP contribution in [0.3, 0.4) is 0 Å². The van der Waals surface area contributed by atoms with Crippen molar-refractivity contribution in [3.63, 3.8) is 0 Å². The quantitative estimate of drug-likeness (QED) is 0.365. The zero-order valence-corrected chi connectivity index (χ0v) is 19.5. The van der Waals surface area contributed by atoms with E-state index in [0.29, 0.717) is 41.3 Å². The Balaban J connectivity index is 1.52. The highest BCUT2D eigenvalue weighted by Crippen LogP contribution is 2.26. The van der Waals surface area contributed by atoms with Crippen LogP contribution in [-0.4, -0.2) is 46.1 Å². The third kappa shape index (κ3) is 5.60. The molecule has 1 saturated heterocycles. The highest BCUT2D eigenvalue weighted by molar-refractivity contribution is 5.98. The molecule has 0 unspecified atom stereocenters. The Morgan fingerprint density at radius 1 is 1.22 bits per heavy atom. The van der Waals surface area contributed by atoms with Gasteiger partial charge in [0, 0.05) is 37.1 Å². The molecule has 2 aromatic heterocycles. The zero-order chi connectivity index (χ0) is 26.5. The van der Waals surface area contributed by atoms with Gasteiger partial charge in [0.15, 0.2) is 0 Å². The number of nitriles is 2. The van der Waals surface area contributed by atoms with Gasteiger partial charge in [-0.3, -0.25) is 19.9 Å². The second-order valence-electron chi connectivity index (χ2n) is 8.50. The second-order valence-corrected chi connectivity index (χ2v) is 8.50. The Labute approximate surface area is 211 Å². The Morgan fingerprint density at radius 3 is 2.65 bits per heavy atom. The normalized spacial score (nSPS) is 16.9. The summed E-state index contributed by atoms with van der Waals surface area (Å²) in [6, 6.07) is 12.3. The van der Waals surface area contributed by atoms with Gasteiger partial charge < -0.3 is 16.0 Å². The molecule has 2 atom stereocenters. The van der Waals surface area contributed by atoms with Gasteiger partial charge in [-0.15, -0.1) is 0 Å². The van der Waals surface area contributed by atoms with Crippen LogP contribution in [-0.2, 0) is 6.42 Å². The number of rotatable bonds is 7. The van der Waals surface area contributed by atoms with Crippen LogP contribution in [0, 0.1) is 32.8 Å². The number of nitro benzene ring substituents is 1. The number of nitrogens with one attached hydrogen (secondary N) is 1. The lowest BCUT2D eigenvalue weighted by Gasteiger charge is -2.36. The summed E-state index contributed by atoms with van der Waals surface area (Å²) in [5.74, 6) is -0.161. The average Bonchev–Trinajstić information content (AvgIpc) is 2.89. The SMILES string of the molecule is N#Cc1ccc(N2CC[C@@H](Nc3cc(Cc4ccc(C#N)c([N+](=O)[O-])c4)ncc3C(N)=O)[C@@H](F)C2)nc1. The predicted molar refractivity (Wildman–Crippen MR) is 131 cm³/mol. The van der Waals surface area contributed by atoms with Gasteiger partial charge in [-0.05, 0) is 36.2 Å². The molecule has 4 rings (SSSR count). The number of nitrogens with two attached hydrogens (primary N) is 1. The molecule has 11 nitrogen and oxygen atoms in total. The van der Waals surface area contributed by atoms with Crippen molar-refractivity contribution in [3.05, 3.63) is 86.9 Å². The Bertz CT molecular complexity index is 1430. The number of primary amides is 1. The number of pyridine rings is 2. The minimum Gasteiger partial charge on any atom is -0.378 e. The van der Waals surface area contributed by atoms with Crippen molar-refractivity contribution in [1.29, 1.82) is 10.5 Å². The van der Waals surface area contributed by atoms with Crippen molar-refractivity contribution in [2.45, 2.75) is 25.1 Å². The molecule has 186 valence electrons. The highest BCUT2D eigenvalue weighted by Gasteiger charge is 2.31. The summed E-state index contributed by atoms with van der Waals surface area (Å²) in [4.78, 5) is 32.9. The minimum absolute atomic E-state index is 0.0512. The number of carbonyl (C=O) groups excluding carboxylic acids is 1. The highest BCUT2D eigenvalue weighted by atomic mass is 19.1. The molecule has 3 N–H and O–H groups in total. The smallest absolute Gasteiger partial charge is 0.287 e. The number of benzene rings is 1. The Morgan fingerprint density at radius 2 is 2.03 bits per heavy atom. The van der Waals surface area contributed by atoms with Crippen LogP contribution in [0.15, 0.2) is 48.8 Å². The van der Waals surface area contributed by atoms with E-state index < -0.39 is 23.0 Å². The molecule has 12 heteroatoms. The number of nitro groups is 1. The van der Waals surface area contributed by atoms with Crippen molar-refractivity contribution in [3.8, 4) is 12.1 Å². The summed E-state index contributed by atoms with van der Waals surface area (Å²) < 4.78 is 15.2. The fourth-order valence-electron chi connectivity index (χ4n) is 4.17. The van der Waals surface area contributed by atoms with E-state index in [1.165, 1.54) is 24.5 Å². The monoisotopic (exact) mass is 500 g/mol. The number of carbonyl (C=O) groups is 1. The number of alkyl halides is 1. The molecular formula is C25H21FN8O3. The van der Waals surface area contributed by atoms with Gasteiger partial charge in [-0.2, -0.15) is 10.5 Å². The molecule has 0 spiro atoms. The van der Waals surface area contributed by atoms with Crippen LogP contribution in [0.25, 0.3) is 0 Å². The molecule has 1 aliphatic heterocycles. The second kappa shape index (κ2) is 10.7. The fraction of sp³-hybridized carbons (Fsp3) is 0.240. The van der Waals surface area contributed by atoms with Crippen molar-refractivity contribution in [2.75, 3.05) is 23.3 Å². The number of halogens is 1. The number of amides is 1. The first kappa shape index (κ1) is 25.0. The number of hydrogen-bond acceptors (Lipinski definition) is 9. The fourth-order valence-corrected chi connectivity index (χ4v) is 4.17. The molecule has 1 aliphatic rings.